The number of ether oxygens (including phenoxy) is 2. The zero-order valence-corrected chi connectivity index (χ0v) is 14.4. The molecule has 122 valence electrons. The van der Waals surface area contributed by atoms with Gasteiger partial charge in [0.05, 0.1) is 19.4 Å². The Morgan fingerprint density at radius 1 is 1.14 bits per heavy atom. The normalized spacial score (nSPS) is 19.8. The van der Waals surface area contributed by atoms with Gasteiger partial charge in [-0.15, -0.1) is 0 Å². The van der Waals surface area contributed by atoms with Crippen LogP contribution in [0.5, 0.6) is 0 Å². The first-order valence-electron chi connectivity index (χ1n) is 8.34. The fourth-order valence-electron chi connectivity index (χ4n) is 3.03. The maximum atomic E-state index is 7.77. The van der Waals surface area contributed by atoms with Gasteiger partial charge in [0.25, 0.3) is 0 Å². The molecule has 1 aliphatic rings. The first kappa shape index (κ1) is 17.2. The summed E-state index contributed by atoms with van der Waals surface area (Å²) in [6.07, 6.45) is 5.01. The summed E-state index contributed by atoms with van der Waals surface area (Å²) < 4.78 is 12.1. The van der Waals surface area contributed by atoms with Crippen LogP contribution < -0.4 is 0 Å². The van der Waals surface area contributed by atoms with Crippen molar-refractivity contribution in [3.63, 3.8) is 0 Å². The van der Waals surface area contributed by atoms with E-state index in [1.54, 1.807) is 0 Å². The summed E-state index contributed by atoms with van der Waals surface area (Å²) in [5.74, 6) is -0.842. The summed E-state index contributed by atoms with van der Waals surface area (Å²) in [5, 5.41) is 7.77. The molecular formula is C19H29NO2. The molecule has 0 saturated carbocycles. The van der Waals surface area contributed by atoms with Crippen molar-refractivity contribution in [1.82, 2.24) is 0 Å². The molecule has 1 saturated heterocycles. The van der Waals surface area contributed by atoms with Crippen molar-refractivity contribution in [1.29, 1.82) is 5.41 Å². The molecule has 2 rings (SSSR count). The number of hydrogen-bond acceptors (Lipinski definition) is 3. The molecule has 0 unspecified atom stereocenters. The standard InChI is InChI=1S/C19H29NO2/c1-5-18(6-2)13-21-19(12-20,22-14-18)10-9-17-8-7-15(3)11-16(17)4/h7-8,11-12,20H,5-6,9-10,13-14H2,1-4H3. The molecule has 1 N–H and O–H groups in total. The highest BCUT2D eigenvalue weighted by Gasteiger charge is 2.41. The van der Waals surface area contributed by atoms with Gasteiger partial charge in [-0.1, -0.05) is 37.6 Å². The largest absolute Gasteiger partial charge is 0.344 e. The van der Waals surface area contributed by atoms with E-state index in [2.05, 4.69) is 45.9 Å². The van der Waals surface area contributed by atoms with Crippen molar-refractivity contribution in [2.24, 2.45) is 5.41 Å². The molecule has 0 amide bonds. The van der Waals surface area contributed by atoms with Crippen LogP contribution >= 0.6 is 0 Å². The Labute approximate surface area is 134 Å². The minimum absolute atomic E-state index is 0.117. The molecule has 3 heteroatoms. The van der Waals surface area contributed by atoms with E-state index in [0.717, 1.165) is 19.3 Å². The monoisotopic (exact) mass is 303 g/mol. The number of benzene rings is 1. The lowest BCUT2D eigenvalue weighted by atomic mass is 9.83. The minimum Gasteiger partial charge on any atom is -0.344 e. The van der Waals surface area contributed by atoms with Gasteiger partial charge in [0.15, 0.2) is 0 Å². The van der Waals surface area contributed by atoms with Crippen molar-refractivity contribution < 1.29 is 9.47 Å². The van der Waals surface area contributed by atoms with E-state index in [9.17, 15) is 0 Å². The van der Waals surface area contributed by atoms with E-state index in [1.807, 2.05) is 0 Å². The van der Waals surface area contributed by atoms with Crippen molar-refractivity contribution in [2.45, 2.75) is 59.2 Å². The van der Waals surface area contributed by atoms with E-state index in [-0.39, 0.29) is 5.41 Å². The van der Waals surface area contributed by atoms with E-state index in [0.29, 0.717) is 19.6 Å². The molecule has 0 spiro atoms. The third-order valence-corrected chi connectivity index (χ3v) is 5.21. The average molecular weight is 303 g/mol. The molecule has 1 heterocycles. The molecule has 0 radical (unpaired) electrons. The van der Waals surface area contributed by atoms with Crippen LogP contribution in [-0.2, 0) is 15.9 Å². The van der Waals surface area contributed by atoms with Gasteiger partial charge in [0.1, 0.15) is 0 Å². The molecule has 0 atom stereocenters. The van der Waals surface area contributed by atoms with Crippen molar-refractivity contribution in [3.8, 4) is 0 Å². The lowest BCUT2D eigenvalue weighted by molar-refractivity contribution is -0.267. The zero-order chi connectivity index (χ0) is 16.2. The van der Waals surface area contributed by atoms with Crippen LogP contribution in [-0.4, -0.2) is 25.2 Å². The Hall–Kier alpha value is -1.19. The number of nitrogens with one attached hydrogen (secondary N) is 1. The Morgan fingerprint density at radius 2 is 1.77 bits per heavy atom. The first-order chi connectivity index (χ1) is 10.5. The highest BCUT2D eigenvalue weighted by molar-refractivity contribution is 5.63. The van der Waals surface area contributed by atoms with Gasteiger partial charge in [-0.3, -0.25) is 0 Å². The maximum Gasteiger partial charge on any atom is 0.204 e. The smallest absolute Gasteiger partial charge is 0.204 e. The van der Waals surface area contributed by atoms with E-state index < -0.39 is 5.79 Å². The summed E-state index contributed by atoms with van der Waals surface area (Å²) in [5.41, 5.74) is 4.00. The molecule has 0 bridgehead atoms. The van der Waals surface area contributed by atoms with Crippen molar-refractivity contribution >= 4 is 6.21 Å². The second-order valence-corrected chi connectivity index (χ2v) is 6.67. The minimum atomic E-state index is -0.842. The van der Waals surface area contributed by atoms with E-state index >= 15 is 0 Å². The van der Waals surface area contributed by atoms with Gasteiger partial charge < -0.3 is 14.9 Å². The molecule has 1 aromatic carbocycles. The fourth-order valence-corrected chi connectivity index (χ4v) is 3.03. The lowest BCUT2D eigenvalue weighted by Crippen LogP contribution is -2.50. The van der Waals surface area contributed by atoms with Gasteiger partial charge in [0, 0.05) is 11.8 Å². The Bertz CT molecular complexity index is 510. The molecule has 0 aliphatic carbocycles. The third kappa shape index (κ3) is 3.58. The van der Waals surface area contributed by atoms with Crippen LogP contribution in [0.15, 0.2) is 18.2 Å². The van der Waals surface area contributed by atoms with Crippen molar-refractivity contribution in [3.05, 3.63) is 34.9 Å². The van der Waals surface area contributed by atoms with Gasteiger partial charge in [-0.25, -0.2) is 0 Å². The van der Waals surface area contributed by atoms with Crippen LogP contribution in [0.25, 0.3) is 0 Å². The summed E-state index contributed by atoms with van der Waals surface area (Å²) in [6.45, 7) is 9.98. The zero-order valence-electron chi connectivity index (χ0n) is 14.4. The van der Waals surface area contributed by atoms with Crippen LogP contribution in [0.1, 0.15) is 49.8 Å². The summed E-state index contributed by atoms with van der Waals surface area (Å²) in [4.78, 5) is 0. The van der Waals surface area contributed by atoms with Crippen LogP contribution in [0.2, 0.25) is 0 Å². The SMILES string of the molecule is CCC1(CC)COC(C=N)(CCc2ccc(C)cc2C)OC1. The number of aryl methyl sites for hydroxylation is 3. The third-order valence-electron chi connectivity index (χ3n) is 5.21. The fraction of sp³-hybridized carbons (Fsp3) is 0.632. The number of hydrogen-bond donors (Lipinski definition) is 1. The topological polar surface area (TPSA) is 42.3 Å². The Morgan fingerprint density at radius 3 is 2.27 bits per heavy atom. The highest BCUT2D eigenvalue weighted by atomic mass is 16.7. The van der Waals surface area contributed by atoms with Crippen LogP contribution in [0.4, 0.5) is 0 Å². The molecule has 1 aromatic rings. The molecule has 0 aromatic heterocycles. The predicted octanol–water partition coefficient (Wildman–Crippen LogP) is 4.44. The summed E-state index contributed by atoms with van der Waals surface area (Å²) in [6, 6.07) is 6.52. The molecule has 3 nitrogen and oxygen atoms in total. The molecule has 1 fully saturated rings. The molecular weight excluding hydrogens is 274 g/mol. The highest BCUT2D eigenvalue weighted by Crippen LogP contribution is 2.36. The van der Waals surface area contributed by atoms with Gasteiger partial charge in [-0.05, 0) is 44.2 Å². The predicted molar refractivity (Wildman–Crippen MR) is 90.7 cm³/mol. The van der Waals surface area contributed by atoms with Crippen LogP contribution in [0, 0.1) is 24.7 Å². The summed E-state index contributed by atoms with van der Waals surface area (Å²) in [7, 11) is 0. The van der Waals surface area contributed by atoms with Gasteiger partial charge in [0.2, 0.25) is 5.79 Å². The van der Waals surface area contributed by atoms with E-state index in [4.69, 9.17) is 14.9 Å². The Kier molecular flexibility index (Phi) is 5.41. The Balaban J connectivity index is 2.02. The second-order valence-electron chi connectivity index (χ2n) is 6.67. The quantitative estimate of drug-likeness (QED) is 0.790. The molecule has 22 heavy (non-hydrogen) atoms. The first-order valence-corrected chi connectivity index (χ1v) is 8.34. The summed E-state index contributed by atoms with van der Waals surface area (Å²) >= 11 is 0. The van der Waals surface area contributed by atoms with Crippen molar-refractivity contribution in [2.75, 3.05) is 13.2 Å². The van der Waals surface area contributed by atoms with E-state index in [1.165, 1.54) is 22.9 Å². The number of rotatable bonds is 6. The average Bonchev–Trinajstić information content (AvgIpc) is 2.55. The van der Waals surface area contributed by atoms with Crippen LogP contribution in [0.3, 0.4) is 0 Å². The molecule has 1 aliphatic heterocycles. The van der Waals surface area contributed by atoms with Gasteiger partial charge >= 0.3 is 0 Å². The van der Waals surface area contributed by atoms with Gasteiger partial charge in [-0.2, -0.15) is 0 Å². The second kappa shape index (κ2) is 6.93. The maximum absolute atomic E-state index is 7.77. The lowest BCUT2D eigenvalue weighted by Gasteiger charge is -2.44.